The van der Waals surface area contributed by atoms with E-state index in [1.54, 1.807) is 0 Å². The van der Waals surface area contributed by atoms with Crippen molar-refractivity contribution in [1.29, 1.82) is 0 Å². The number of anilines is 1. The van der Waals surface area contributed by atoms with Gasteiger partial charge in [-0.25, -0.2) is 4.98 Å². The van der Waals surface area contributed by atoms with Gasteiger partial charge in [-0.1, -0.05) is 0 Å². The molecule has 0 amide bonds. The third-order valence-electron chi connectivity index (χ3n) is 3.22. The lowest BCUT2D eigenvalue weighted by Gasteiger charge is -2.27. The largest absolute Gasteiger partial charge is 0.393 e. The van der Waals surface area contributed by atoms with Gasteiger partial charge >= 0.3 is 0 Å². The van der Waals surface area contributed by atoms with Gasteiger partial charge in [-0.3, -0.25) is 0 Å². The molecule has 1 aliphatic rings. The van der Waals surface area contributed by atoms with E-state index in [1.165, 1.54) is 6.42 Å². The van der Waals surface area contributed by atoms with E-state index in [-0.39, 0.29) is 6.10 Å². The van der Waals surface area contributed by atoms with Crippen molar-refractivity contribution < 1.29 is 5.11 Å². The number of hydrogen-bond acceptors (Lipinski definition) is 3. The highest BCUT2D eigenvalue weighted by atomic mass is 79.9. The van der Waals surface area contributed by atoms with E-state index in [0.29, 0.717) is 6.04 Å². The Labute approximate surface area is 111 Å². The first-order valence-electron chi connectivity index (χ1n) is 6.15. The van der Waals surface area contributed by atoms with Gasteiger partial charge < -0.3 is 10.0 Å². The number of aryl methyl sites for hydroxylation is 1. The number of hydrogen-bond donors (Lipinski definition) is 1. The van der Waals surface area contributed by atoms with E-state index in [4.69, 9.17) is 0 Å². The van der Waals surface area contributed by atoms with E-state index in [1.807, 2.05) is 20.0 Å². The standard InChI is InChI=1S/C13H19BrN2O/c1-9-6-12(14)13(15-8-9)16-5-3-4-11(16)7-10(2)17/h6,8,10-11,17H,3-5,7H2,1-2H3/t10-,11-/m0/s1. The molecule has 17 heavy (non-hydrogen) atoms. The maximum Gasteiger partial charge on any atom is 0.143 e. The van der Waals surface area contributed by atoms with E-state index < -0.39 is 0 Å². The SMILES string of the molecule is Cc1cnc(N2CCC[C@H]2C[C@H](C)O)c(Br)c1. The minimum atomic E-state index is -0.246. The van der Waals surface area contributed by atoms with Crippen LogP contribution in [0.2, 0.25) is 0 Å². The van der Waals surface area contributed by atoms with Gasteiger partial charge in [-0.15, -0.1) is 0 Å². The van der Waals surface area contributed by atoms with Gasteiger partial charge in [0.2, 0.25) is 0 Å². The second kappa shape index (κ2) is 5.36. The first kappa shape index (κ1) is 12.8. The van der Waals surface area contributed by atoms with Crippen molar-refractivity contribution in [3.05, 3.63) is 22.3 Å². The molecule has 0 saturated carbocycles. The summed E-state index contributed by atoms with van der Waals surface area (Å²) in [4.78, 5) is 6.83. The maximum atomic E-state index is 9.53. The molecule has 94 valence electrons. The molecule has 1 aliphatic heterocycles. The molecule has 0 unspecified atom stereocenters. The van der Waals surface area contributed by atoms with Crippen molar-refractivity contribution in [2.75, 3.05) is 11.4 Å². The second-order valence-electron chi connectivity index (χ2n) is 4.89. The summed E-state index contributed by atoms with van der Waals surface area (Å²) in [6, 6.07) is 2.52. The monoisotopic (exact) mass is 298 g/mol. The van der Waals surface area contributed by atoms with Crippen LogP contribution in [-0.4, -0.2) is 28.8 Å². The Morgan fingerprint density at radius 3 is 3.06 bits per heavy atom. The maximum absolute atomic E-state index is 9.53. The number of nitrogens with zero attached hydrogens (tertiary/aromatic N) is 2. The summed E-state index contributed by atoms with van der Waals surface area (Å²) in [5.74, 6) is 1.01. The molecule has 0 bridgehead atoms. The van der Waals surface area contributed by atoms with Gasteiger partial charge in [0.25, 0.3) is 0 Å². The molecule has 2 rings (SSSR count). The second-order valence-corrected chi connectivity index (χ2v) is 5.75. The first-order chi connectivity index (χ1) is 8.08. The van der Waals surface area contributed by atoms with Crippen molar-refractivity contribution in [3.8, 4) is 0 Å². The number of aliphatic hydroxyl groups excluding tert-OH is 1. The van der Waals surface area contributed by atoms with Crippen LogP contribution >= 0.6 is 15.9 Å². The van der Waals surface area contributed by atoms with Crippen LogP contribution in [0.1, 0.15) is 31.7 Å². The summed E-state index contributed by atoms with van der Waals surface area (Å²) in [6.07, 6.45) is 4.80. The molecule has 4 heteroatoms. The van der Waals surface area contributed by atoms with Gasteiger partial charge in [0.05, 0.1) is 10.6 Å². The first-order valence-corrected chi connectivity index (χ1v) is 6.94. The normalized spacial score (nSPS) is 21.9. The minimum absolute atomic E-state index is 0.246. The third-order valence-corrected chi connectivity index (χ3v) is 3.80. The van der Waals surface area contributed by atoms with Crippen molar-refractivity contribution >= 4 is 21.7 Å². The highest BCUT2D eigenvalue weighted by molar-refractivity contribution is 9.10. The predicted molar refractivity (Wildman–Crippen MR) is 73.3 cm³/mol. The fourth-order valence-corrected chi connectivity index (χ4v) is 3.18. The van der Waals surface area contributed by atoms with Crippen molar-refractivity contribution in [2.24, 2.45) is 0 Å². The Balaban J connectivity index is 2.20. The number of aromatic nitrogens is 1. The van der Waals surface area contributed by atoms with E-state index in [0.717, 1.165) is 35.2 Å². The minimum Gasteiger partial charge on any atom is -0.393 e. The number of aliphatic hydroxyl groups is 1. The van der Waals surface area contributed by atoms with Crippen LogP contribution in [0.5, 0.6) is 0 Å². The highest BCUT2D eigenvalue weighted by Crippen LogP contribution is 2.32. The lowest BCUT2D eigenvalue weighted by Crippen LogP contribution is -2.32. The fourth-order valence-electron chi connectivity index (χ4n) is 2.49. The van der Waals surface area contributed by atoms with E-state index >= 15 is 0 Å². The van der Waals surface area contributed by atoms with Crippen LogP contribution in [0, 0.1) is 6.92 Å². The van der Waals surface area contributed by atoms with Crippen LogP contribution in [0.15, 0.2) is 16.7 Å². The van der Waals surface area contributed by atoms with Gasteiger partial charge in [0, 0.05) is 18.8 Å². The zero-order chi connectivity index (χ0) is 12.4. The van der Waals surface area contributed by atoms with Crippen molar-refractivity contribution in [2.45, 2.75) is 45.3 Å². The topological polar surface area (TPSA) is 36.4 Å². The Bertz CT molecular complexity index is 395. The Morgan fingerprint density at radius 1 is 1.65 bits per heavy atom. The molecule has 0 radical (unpaired) electrons. The summed E-state index contributed by atoms with van der Waals surface area (Å²) < 4.78 is 1.05. The lowest BCUT2D eigenvalue weighted by atomic mass is 10.1. The zero-order valence-corrected chi connectivity index (χ0v) is 11.9. The van der Waals surface area contributed by atoms with Crippen LogP contribution < -0.4 is 4.90 Å². The average molecular weight is 299 g/mol. The third kappa shape index (κ3) is 2.99. The molecule has 0 spiro atoms. The number of pyridine rings is 1. The highest BCUT2D eigenvalue weighted by Gasteiger charge is 2.27. The van der Waals surface area contributed by atoms with Gasteiger partial charge in [0.1, 0.15) is 5.82 Å². The molecule has 1 aromatic heterocycles. The molecular weight excluding hydrogens is 280 g/mol. The number of halogens is 1. The Morgan fingerprint density at radius 2 is 2.41 bits per heavy atom. The van der Waals surface area contributed by atoms with Gasteiger partial charge in [-0.05, 0) is 60.7 Å². The average Bonchev–Trinajstić information content (AvgIpc) is 2.65. The molecule has 2 heterocycles. The molecule has 1 fully saturated rings. The van der Waals surface area contributed by atoms with Gasteiger partial charge in [0.15, 0.2) is 0 Å². The quantitative estimate of drug-likeness (QED) is 0.932. The van der Waals surface area contributed by atoms with Crippen molar-refractivity contribution in [3.63, 3.8) is 0 Å². The summed E-state index contributed by atoms with van der Waals surface area (Å²) in [5.41, 5.74) is 1.16. The molecule has 1 aromatic rings. The molecule has 0 aromatic carbocycles. The number of rotatable bonds is 3. The summed E-state index contributed by atoms with van der Waals surface area (Å²) in [6.45, 7) is 4.93. The predicted octanol–water partition coefficient (Wildman–Crippen LogP) is 2.89. The summed E-state index contributed by atoms with van der Waals surface area (Å²) in [7, 11) is 0. The summed E-state index contributed by atoms with van der Waals surface area (Å²) in [5, 5.41) is 9.53. The Hall–Kier alpha value is -0.610. The van der Waals surface area contributed by atoms with E-state index in [2.05, 4.69) is 31.9 Å². The van der Waals surface area contributed by atoms with Crippen LogP contribution in [0.25, 0.3) is 0 Å². The van der Waals surface area contributed by atoms with Crippen LogP contribution in [-0.2, 0) is 0 Å². The van der Waals surface area contributed by atoms with Gasteiger partial charge in [-0.2, -0.15) is 0 Å². The lowest BCUT2D eigenvalue weighted by molar-refractivity contribution is 0.175. The van der Waals surface area contributed by atoms with Crippen molar-refractivity contribution in [1.82, 2.24) is 4.98 Å². The van der Waals surface area contributed by atoms with Crippen LogP contribution in [0.3, 0.4) is 0 Å². The molecule has 1 N–H and O–H groups in total. The molecule has 3 nitrogen and oxygen atoms in total. The molecule has 2 atom stereocenters. The van der Waals surface area contributed by atoms with E-state index in [9.17, 15) is 5.11 Å². The van der Waals surface area contributed by atoms with Crippen LogP contribution in [0.4, 0.5) is 5.82 Å². The fraction of sp³-hybridized carbons (Fsp3) is 0.615. The summed E-state index contributed by atoms with van der Waals surface area (Å²) >= 11 is 3.58. The zero-order valence-electron chi connectivity index (χ0n) is 10.4. The smallest absolute Gasteiger partial charge is 0.143 e. The molecule has 1 saturated heterocycles. The molecule has 0 aliphatic carbocycles. The Kier molecular flexibility index (Phi) is 4.05. The molecular formula is C13H19BrN2O.